The van der Waals surface area contributed by atoms with Crippen molar-refractivity contribution in [2.45, 2.75) is 39.0 Å². The molecule has 2 heteroatoms. The first-order valence-electron chi connectivity index (χ1n) is 6.53. The van der Waals surface area contributed by atoms with Gasteiger partial charge in [-0.3, -0.25) is 0 Å². The molecule has 1 rings (SSSR count). The van der Waals surface area contributed by atoms with E-state index in [0.717, 1.165) is 16.9 Å². The van der Waals surface area contributed by atoms with Crippen molar-refractivity contribution in [3.8, 4) is 0 Å². The van der Waals surface area contributed by atoms with E-state index >= 15 is 0 Å². The minimum atomic E-state index is 0.645. The van der Waals surface area contributed by atoms with Crippen LogP contribution < -0.4 is 5.32 Å². The normalized spacial score (nSPS) is 13.0. The van der Waals surface area contributed by atoms with Gasteiger partial charge in [0.1, 0.15) is 0 Å². The van der Waals surface area contributed by atoms with Gasteiger partial charge in [0, 0.05) is 11.0 Å². The fraction of sp³-hybridized carbons (Fsp3) is 0.600. The van der Waals surface area contributed by atoms with Crippen LogP contribution in [0, 0.1) is 5.92 Å². The second-order valence-electron chi connectivity index (χ2n) is 5.13. The van der Waals surface area contributed by atoms with Crippen molar-refractivity contribution in [1.29, 1.82) is 0 Å². The van der Waals surface area contributed by atoms with Crippen LogP contribution in [0.4, 0.5) is 0 Å². The van der Waals surface area contributed by atoms with Crippen LogP contribution in [0.3, 0.4) is 0 Å². The zero-order valence-corrected chi connectivity index (χ0v) is 12.8. The van der Waals surface area contributed by atoms with E-state index < -0.39 is 0 Å². The fourth-order valence-electron chi connectivity index (χ4n) is 2.14. The molecule has 0 aromatic heterocycles. The molecule has 1 atom stereocenters. The molecule has 0 radical (unpaired) electrons. The molecule has 0 saturated carbocycles. The molecule has 0 saturated heterocycles. The molecule has 0 spiro atoms. The Morgan fingerprint density at radius 1 is 1.12 bits per heavy atom. The van der Waals surface area contributed by atoms with Crippen LogP contribution in [0.25, 0.3) is 0 Å². The molecule has 0 heterocycles. The summed E-state index contributed by atoms with van der Waals surface area (Å²) in [7, 11) is 2.04. The number of nitrogens with one attached hydrogen (secondary N) is 1. The van der Waals surface area contributed by atoms with Crippen LogP contribution in [0.1, 0.15) is 44.6 Å². The molecular weight excluding hydrogens is 274 g/mol. The summed E-state index contributed by atoms with van der Waals surface area (Å²) >= 11 is 3.49. The van der Waals surface area contributed by atoms with Crippen LogP contribution in [0.15, 0.2) is 28.7 Å². The minimum Gasteiger partial charge on any atom is -0.319 e. The van der Waals surface area contributed by atoms with Gasteiger partial charge < -0.3 is 5.32 Å². The van der Waals surface area contributed by atoms with Crippen molar-refractivity contribution in [2.24, 2.45) is 5.92 Å². The molecule has 0 aliphatic rings. The first kappa shape index (κ1) is 14.7. The van der Waals surface area contributed by atoms with Gasteiger partial charge >= 0.3 is 0 Å². The average Bonchev–Trinajstić information content (AvgIpc) is 2.29. The highest BCUT2D eigenvalue weighted by atomic mass is 79.9. The maximum Gasteiger partial charge on any atom is 0.0175 e. The molecule has 0 fully saturated rings. The lowest BCUT2D eigenvalue weighted by Crippen LogP contribution is -2.17. The van der Waals surface area contributed by atoms with E-state index in [2.05, 4.69) is 59.4 Å². The van der Waals surface area contributed by atoms with Gasteiger partial charge in [0.2, 0.25) is 0 Å². The molecular formula is C15H24BrN. The summed E-state index contributed by atoms with van der Waals surface area (Å²) in [5.41, 5.74) is 1.45. The number of halogens is 1. The van der Waals surface area contributed by atoms with E-state index in [1.165, 1.54) is 24.8 Å². The van der Waals surface area contributed by atoms with E-state index in [1.54, 1.807) is 0 Å². The van der Waals surface area contributed by atoms with Gasteiger partial charge in [-0.25, -0.2) is 0 Å². The molecule has 96 valence electrons. The highest BCUT2D eigenvalue weighted by Crippen LogP contribution is 2.24. The van der Waals surface area contributed by atoms with Crippen LogP contribution in [-0.2, 0) is 0 Å². The van der Waals surface area contributed by atoms with Gasteiger partial charge in [-0.05, 0) is 43.0 Å². The molecule has 17 heavy (non-hydrogen) atoms. The summed E-state index contributed by atoms with van der Waals surface area (Å²) in [5, 5.41) is 3.31. The van der Waals surface area contributed by atoms with Crippen LogP contribution in [-0.4, -0.2) is 13.6 Å². The molecule has 1 aromatic rings. The zero-order valence-electron chi connectivity index (χ0n) is 11.2. The summed E-state index contributed by atoms with van der Waals surface area (Å²) in [6, 6.07) is 8.75. The second kappa shape index (κ2) is 7.88. The summed E-state index contributed by atoms with van der Waals surface area (Å²) < 4.78 is 1.16. The molecule has 0 bridgehead atoms. The van der Waals surface area contributed by atoms with Crippen molar-refractivity contribution in [1.82, 2.24) is 5.32 Å². The van der Waals surface area contributed by atoms with Crippen molar-refractivity contribution in [3.63, 3.8) is 0 Å². The fourth-order valence-corrected chi connectivity index (χ4v) is 2.40. The number of hydrogen-bond donors (Lipinski definition) is 1. The molecule has 1 nitrogen and oxygen atoms in total. The van der Waals surface area contributed by atoms with Gasteiger partial charge in [-0.15, -0.1) is 0 Å². The van der Waals surface area contributed by atoms with E-state index in [0.29, 0.717) is 5.92 Å². The third-order valence-electron chi connectivity index (χ3n) is 3.13. The molecule has 0 amide bonds. The number of likely N-dealkylation sites (N-methyl/N-ethyl adjacent to an activating group) is 1. The quantitative estimate of drug-likeness (QED) is 0.777. The molecule has 0 aliphatic carbocycles. The highest BCUT2D eigenvalue weighted by Gasteiger charge is 2.10. The summed E-state index contributed by atoms with van der Waals surface area (Å²) in [6.45, 7) is 5.67. The SMILES string of the molecule is CNCC(CCCC(C)C)c1ccc(Br)cc1. The molecule has 0 aliphatic heterocycles. The van der Waals surface area contributed by atoms with Crippen molar-refractivity contribution in [3.05, 3.63) is 34.3 Å². The van der Waals surface area contributed by atoms with Crippen LogP contribution in [0.5, 0.6) is 0 Å². The summed E-state index contributed by atoms with van der Waals surface area (Å²) in [6.07, 6.45) is 3.93. The van der Waals surface area contributed by atoms with E-state index in [1.807, 2.05) is 7.05 Å². The van der Waals surface area contributed by atoms with E-state index in [-0.39, 0.29) is 0 Å². The van der Waals surface area contributed by atoms with Crippen LogP contribution in [0.2, 0.25) is 0 Å². The highest BCUT2D eigenvalue weighted by molar-refractivity contribution is 9.10. The first-order chi connectivity index (χ1) is 8.13. The Labute approximate surface area is 114 Å². The zero-order chi connectivity index (χ0) is 12.7. The Bertz CT molecular complexity index is 305. The lowest BCUT2D eigenvalue weighted by molar-refractivity contribution is 0.490. The standard InChI is InChI=1S/C15H24BrN/c1-12(2)5-4-6-14(11-17-3)13-7-9-15(16)10-8-13/h7-10,12,14,17H,4-6,11H2,1-3H3. The number of rotatable bonds is 7. The second-order valence-corrected chi connectivity index (χ2v) is 6.05. The van der Waals surface area contributed by atoms with E-state index in [4.69, 9.17) is 0 Å². The lowest BCUT2D eigenvalue weighted by atomic mass is 9.92. The Morgan fingerprint density at radius 2 is 1.76 bits per heavy atom. The Hall–Kier alpha value is -0.340. The van der Waals surface area contributed by atoms with Gasteiger partial charge in [0.25, 0.3) is 0 Å². The van der Waals surface area contributed by atoms with Crippen LogP contribution >= 0.6 is 15.9 Å². The monoisotopic (exact) mass is 297 g/mol. The molecule has 1 unspecified atom stereocenters. The van der Waals surface area contributed by atoms with Crippen molar-refractivity contribution >= 4 is 15.9 Å². The topological polar surface area (TPSA) is 12.0 Å². The largest absolute Gasteiger partial charge is 0.319 e. The molecule has 1 aromatic carbocycles. The van der Waals surface area contributed by atoms with Crippen molar-refractivity contribution < 1.29 is 0 Å². The van der Waals surface area contributed by atoms with Gasteiger partial charge in [-0.2, -0.15) is 0 Å². The Balaban J connectivity index is 2.55. The minimum absolute atomic E-state index is 0.645. The first-order valence-corrected chi connectivity index (χ1v) is 7.33. The smallest absolute Gasteiger partial charge is 0.0175 e. The average molecular weight is 298 g/mol. The maximum atomic E-state index is 3.49. The Morgan fingerprint density at radius 3 is 2.29 bits per heavy atom. The Kier molecular flexibility index (Phi) is 6.83. The summed E-state index contributed by atoms with van der Waals surface area (Å²) in [5.74, 6) is 1.46. The van der Waals surface area contributed by atoms with Gasteiger partial charge in [0.05, 0.1) is 0 Å². The maximum absolute atomic E-state index is 3.49. The lowest BCUT2D eigenvalue weighted by Gasteiger charge is -2.17. The predicted molar refractivity (Wildman–Crippen MR) is 79.5 cm³/mol. The van der Waals surface area contributed by atoms with Gasteiger partial charge in [0.15, 0.2) is 0 Å². The van der Waals surface area contributed by atoms with Gasteiger partial charge in [-0.1, -0.05) is 54.8 Å². The third kappa shape index (κ3) is 5.69. The molecule has 1 N–H and O–H groups in total. The number of benzene rings is 1. The number of hydrogen-bond acceptors (Lipinski definition) is 1. The summed E-state index contributed by atoms with van der Waals surface area (Å²) in [4.78, 5) is 0. The van der Waals surface area contributed by atoms with Crippen molar-refractivity contribution in [2.75, 3.05) is 13.6 Å². The third-order valence-corrected chi connectivity index (χ3v) is 3.65. The van der Waals surface area contributed by atoms with E-state index in [9.17, 15) is 0 Å². The predicted octanol–water partition coefficient (Wildman–Crippen LogP) is 4.58.